The lowest BCUT2D eigenvalue weighted by molar-refractivity contribution is 0.571. The third-order valence-corrected chi connectivity index (χ3v) is 1.98. The second kappa shape index (κ2) is 5.95. The highest BCUT2D eigenvalue weighted by Crippen LogP contribution is 2.06. The first-order valence-corrected chi connectivity index (χ1v) is 4.47. The number of thiocarbonyl (C=S) groups is 1. The Labute approximate surface area is 90.2 Å². The maximum absolute atomic E-state index is 8.98. The van der Waals surface area contributed by atoms with Gasteiger partial charge in [0.25, 0.3) is 0 Å². The summed E-state index contributed by atoms with van der Waals surface area (Å²) in [6.07, 6.45) is 2.22. The fourth-order valence-corrected chi connectivity index (χ4v) is 1.24. The van der Waals surface area contributed by atoms with Gasteiger partial charge in [-0.25, -0.2) is 0 Å². The summed E-state index contributed by atoms with van der Waals surface area (Å²) >= 11 is 4.63. The molecule has 13 heavy (non-hydrogen) atoms. The molecule has 1 aromatic rings. The van der Waals surface area contributed by atoms with E-state index in [1.165, 1.54) is 5.56 Å². The lowest BCUT2D eigenvalue weighted by Gasteiger charge is -1.99. The molecule has 0 heterocycles. The number of hydrogen-bond acceptors (Lipinski definition) is 1. The zero-order valence-corrected chi connectivity index (χ0v) is 9.12. The molecule has 0 bridgehead atoms. The number of hydrogen-bond donors (Lipinski definition) is 1. The van der Waals surface area contributed by atoms with Crippen LogP contribution in [0.2, 0.25) is 0 Å². The van der Waals surface area contributed by atoms with Crippen LogP contribution in [0.3, 0.4) is 0 Å². The summed E-state index contributed by atoms with van der Waals surface area (Å²) in [6.45, 7) is 2.14. The van der Waals surface area contributed by atoms with E-state index in [-0.39, 0.29) is 17.5 Å². The molecule has 72 valence electrons. The third kappa shape index (κ3) is 3.75. The van der Waals surface area contributed by atoms with Gasteiger partial charge < -0.3 is 5.11 Å². The lowest BCUT2D eigenvalue weighted by Crippen LogP contribution is -1.94. The molecule has 1 N–H and O–H groups in total. The van der Waals surface area contributed by atoms with Crippen LogP contribution in [-0.2, 0) is 6.42 Å². The van der Waals surface area contributed by atoms with Gasteiger partial charge in [-0.05, 0) is 24.2 Å². The molecule has 0 aromatic heterocycles. The van der Waals surface area contributed by atoms with Crippen molar-refractivity contribution in [3.63, 3.8) is 0 Å². The normalized spacial score (nSPS) is 9.00. The van der Waals surface area contributed by atoms with Crippen LogP contribution in [-0.4, -0.2) is 10.2 Å². The summed E-state index contributed by atoms with van der Waals surface area (Å²) in [4.78, 5) is 0. The molecule has 0 aliphatic heterocycles. The molecule has 0 saturated carbocycles. The zero-order chi connectivity index (χ0) is 8.97. The van der Waals surface area contributed by atoms with Crippen molar-refractivity contribution in [1.82, 2.24) is 0 Å². The van der Waals surface area contributed by atoms with Crippen molar-refractivity contribution in [2.45, 2.75) is 19.8 Å². The highest BCUT2D eigenvalue weighted by Gasteiger charge is 1.96. The van der Waals surface area contributed by atoms with E-state index in [0.717, 1.165) is 18.4 Å². The minimum atomic E-state index is -0.0296. The van der Waals surface area contributed by atoms with Crippen molar-refractivity contribution >= 4 is 29.7 Å². The number of halogens is 1. The summed E-state index contributed by atoms with van der Waals surface area (Å²) in [7, 11) is 0. The van der Waals surface area contributed by atoms with Gasteiger partial charge in [-0.1, -0.05) is 37.6 Å². The van der Waals surface area contributed by atoms with E-state index >= 15 is 0 Å². The van der Waals surface area contributed by atoms with Gasteiger partial charge in [0.05, 0.1) is 0 Å². The Hall–Kier alpha value is -0.600. The zero-order valence-electron chi connectivity index (χ0n) is 7.49. The van der Waals surface area contributed by atoms with Gasteiger partial charge in [0, 0.05) is 5.56 Å². The smallest absolute Gasteiger partial charge is 0.188 e. The predicted octanol–water partition coefficient (Wildman–Crippen LogP) is 3.29. The van der Waals surface area contributed by atoms with E-state index in [1.807, 2.05) is 24.3 Å². The Bertz CT molecular complexity index is 269. The monoisotopic (exact) mass is 216 g/mol. The van der Waals surface area contributed by atoms with E-state index in [0.29, 0.717) is 0 Å². The molecule has 0 unspecified atom stereocenters. The average molecular weight is 217 g/mol. The number of aliphatic hydroxyl groups is 1. The number of aryl methyl sites for hydroxylation is 1. The van der Waals surface area contributed by atoms with Crippen LogP contribution in [0, 0.1) is 0 Å². The molecule has 3 heteroatoms. The van der Waals surface area contributed by atoms with E-state index in [2.05, 4.69) is 19.1 Å². The predicted molar refractivity (Wildman–Crippen MR) is 62.0 cm³/mol. The lowest BCUT2D eigenvalue weighted by atomic mass is 10.1. The maximum atomic E-state index is 8.98. The van der Waals surface area contributed by atoms with Crippen LogP contribution < -0.4 is 0 Å². The van der Waals surface area contributed by atoms with Crippen molar-refractivity contribution in [2.75, 3.05) is 0 Å². The summed E-state index contributed by atoms with van der Waals surface area (Å²) in [6, 6.07) is 7.71. The first kappa shape index (κ1) is 12.4. The SMILES string of the molecule is CCCc1ccc(C(O)=S)cc1.Cl. The highest BCUT2D eigenvalue weighted by molar-refractivity contribution is 7.80. The van der Waals surface area contributed by atoms with Crippen molar-refractivity contribution < 1.29 is 5.11 Å². The maximum Gasteiger partial charge on any atom is 0.188 e. The van der Waals surface area contributed by atoms with Crippen LogP contribution in [0.1, 0.15) is 24.5 Å². The largest absolute Gasteiger partial charge is 0.499 e. The molecular weight excluding hydrogens is 204 g/mol. The van der Waals surface area contributed by atoms with Crippen LogP contribution >= 0.6 is 24.6 Å². The van der Waals surface area contributed by atoms with Gasteiger partial charge in [-0.3, -0.25) is 0 Å². The number of aliphatic hydroxyl groups excluding tert-OH is 1. The molecular formula is C10H13ClOS. The van der Waals surface area contributed by atoms with Gasteiger partial charge in [0.1, 0.15) is 0 Å². The molecule has 0 aliphatic carbocycles. The minimum Gasteiger partial charge on any atom is -0.499 e. The van der Waals surface area contributed by atoms with E-state index in [1.54, 1.807) is 0 Å². The molecule has 1 nitrogen and oxygen atoms in total. The van der Waals surface area contributed by atoms with Gasteiger partial charge >= 0.3 is 0 Å². The summed E-state index contributed by atoms with van der Waals surface area (Å²) in [5.41, 5.74) is 2.02. The van der Waals surface area contributed by atoms with Crippen molar-refractivity contribution in [2.24, 2.45) is 0 Å². The molecule has 0 spiro atoms. The summed E-state index contributed by atoms with van der Waals surface area (Å²) in [5.74, 6) is 0. The molecule has 1 rings (SSSR count). The molecule has 0 saturated heterocycles. The Morgan fingerprint density at radius 2 is 1.85 bits per heavy atom. The standard InChI is InChI=1S/C10H12OS.ClH/c1-2-3-8-4-6-9(7-5-8)10(11)12;/h4-7H,2-3H2,1H3,(H,11,12);1H. The Balaban J connectivity index is 0.00000144. The van der Waals surface area contributed by atoms with Crippen LogP contribution in [0.25, 0.3) is 0 Å². The van der Waals surface area contributed by atoms with E-state index in [9.17, 15) is 0 Å². The fraction of sp³-hybridized carbons (Fsp3) is 0.300. The van der Waals surface area contributed by atoms with Crippen molar-refractivity contribution in [3.8, 4) is 0 Å². The van der Waals surface area contributed by atoms with E-state index < -0.39 is 0 Å². The van der Waals surface area contributed by atoms with Gasteiger partial charge in [0.15, 0.2) is 5.05 Å². The summed E-state index contributed by atoms with van der Waals surface area (Å²) < 4.78 is 0. The Kier molecular flexibility index (Phi) is 5.67. The number of rotatable bonds is 3. The minimum absolute atomic E-state index is 0. The molecule has 0 fully saturated rings. The number of benzene rings is 1. The van der Waals surface area contributed by atoms with Gasteiger partial charge in [0.2, 0.25) is 0 Å². The van der Waals surface area contributed by atoms with Gasteiger partial charge in [-0.15, -0.1) is 12.4 Å². The average Bonchev–Trinajstić information content (AvgIpc) is 2.06. The fourth-order valence-electron chi connectivity index (χ4n) is 1.10. The third-order valence-electron chi connectivity index (χ3n) is 1.74. The quantitative estimate of drug-likeness (QED) is 0.783. The van der Waals surface area contributed by atoms with Crippen LogP contribution in [0.5, 0.6) is 0 Å². The second-order valence-electron chi connectivity index (χ2n) is 2.75. The highest BCUT2D eigenvalue weighted by atomic mass is 35.5. The molecule has 0 amide bonds. The van der Waals surface area contributed by atoms with Crippen molar-refractivity contribution in [3.05, 3.63) is 35.4 Å². The molecule has 0 atom stereocenters. The molecule has 0 aliphatic rings. The summed E-state index contributed by atoms with van der Waals surface area (Å²) in [5, 5.41) is 8.95. The van der Waals surface area contributed by atoms with Crippen molar-refractivity contribution in [1.29, 1.82) is 0 Å². The molecule has 0 radical (unpaired) electrons. The van der Waals surface area contributed by atoms with Gasteiger partial charge in [-0.2, -0.15) is 0 Å². The Morgan fingerprint density at radius 1 is 1.31 bits per heavy atom. The topological polar surface area (TPSA) is 20.2 Å². The van der Waals surface area contributed by atoms with Crippen LogP contribution in [0.4, 0.5) is 0 Å². The van der Waals surface area contributed by atoms with Crippen LogP contribution in [0.15, 0.2) is 24.3 Å². The van der Waals surface area contributed by atoms with E-state index in [4.69, 9.17) is 5.11 Å². The first-order valence-electron chi connectivity index (χ1n) is 4.06. The first-order chi connectivity index (χ1) is 5.74. The second-order valence-corrected chi connectivity index (χ2v) is 3.14. The Morgan fingerprint density at radius 3 is 2.23 bits per heavy atom. The molecule has 1 aromatic carbocycles.